The number of carbonyl (C=O) groups excluding carboxylic acids is 1. The van der Waals surface area contributed by atoms with Crippen LogP contribution in [0.25, 0.3) is 0 Å². The summed E-state index contributed by atoms with van der Waals surface area (Å²) in [6.07, 6.45) is -5.76. The lowest BCUT2D eigenvalue weighted by Gasteiger charge is -2.36. The lowest BCUT2D eigenvalue weighted by Crippen LogP contribution is -2.50. The number of carbonyl (C=O) groups is 1. The van der Waals surface area contributed by atoms with E-state index in [1.165, 1.54) is 24.3 Å². The van der Waals surface area contributed by atoms with Gasteiger partial charge in [0.05, 0.1) is 22.3 Å². The smallest absolute Gasteiger partial charge is 0.385 e. The van der Waals surface area contributed by atoms with Gasteiger partial charge in [-0.3, -0.25) is 4.79 Å². The third-order valence-corrected chi connectivity index (χ3v) is 7.62. The van der Waals surface area contributed by atoms with Crippen LogP contribution in [0.15, 0.2) is 42.5 Å². The van der Waals surface area contributed by atoms with E-state index in [9.17, 15) is 31.1 Å². The summed E-state index contributed by atoms with van der Waals surface area (Å²) in [6, 6.07) is 8.81. The van der Waals surface area contributed by atoms with Crippen molar-refractivity contribution in [1.82, 2.24) is 4.90 Å². The Balaban J connectivity index is 1.14. The third-order valence-electron chi connectivity index (χ3n) is 7.30. The number of hydrogen-bond acceptors (Lipinski definition) is 4. The maximum Gasteiger partial charge on any atom is 0.417 e. The SMILES string of the molecule is O=C(COC1CCC(CNc2ccc(Cl)c(C(F)(F)F)c2)CC1)N1CCN(c2ccc(C(F)(F)F)cc2)CC1. The number of halogens is 7. The number of nitrogens with zero attached hydrogens (tertiary/aromatic N) is 2. The average Bonchev–Trinajstić information content (AvgIpc) is 2.91. The number of piperazine rings is 1. The van der Waals surface area contributed by atoms with E-state index in [0.29, 0.717) is 44.1 Å². The molecular formula is C27H30ClF6N3O2. The molecule has 1 N–H and O–H groups in total. The van der Waals surface area contributed by atoms with Crippen LogP contribution >= 0.6 is 11.6 Å². The van der Waals surface area contributed by atoms with Gasteiger partial charge >= 0.3 is 12.4 Å². The molecule has 1 aliphatic carbocycles. The lowest BCUT2D eigenvalue weighted by atomic mass is 9.87. The number of amides is 1. The van der Waals surface area contributed by atoms with Crippen LogP contribution in [0.4, 0.5) is 37.7 Å². The van der Waals surface area contributed by atoms with Crippen molar-refractivity contribution in [1.29, 1.82) is 0 Å². The Labute approximate surface area is 228 Å². The highest BCUT2D eigenvalue weighted by Crippen LogP contribution is 2.36. The Morgan fingerprint density at radius 1 is 0.897 bits per heavy atom. The Morgan fingerprint density at radius 3 is 2.13 bits per heavy atom. The zero-order valence-corrected chi connectivity index (χ0v) is 21.9. The fourth-order valence-corrected chi connectivity index (χ4v) is 5.20. The molecule has 1 amide bonds. The van der Waals surface area contributed by atoms with Gasteiger partial charge in [-0.05, 0) is 74.1 Å². The lowest BCUT2D eigenvalue weighted by molar-refractivity contribution is -0.139. The Bertz CT molecular complexity index is 1110. The molecule has 0 unspecified atom stereocenters. The minimum atomic E-state index is -4.51. The molecule has 2 aliphatic rings. The number of alkyl halides is 6. The fraction of sp³-hybridized carbons (Fsp3) is 0.519. The Kier molecular flexibility index (Phi) is 9.21. The molecule has 4 rings (SSSR count). The van der Waals surface area contributed by atoms with Crippen LogP contribution in [0.1, 0.15) is 36.8 Å². The van der Waals surface area contributed by atoms with E-state index in [0.717, 1.165) is 43.9 Å². The van der Waals surface area contributed by atoms with Crippen molar-refractivity contribution >= 4 is 28.9 Å². The van der Waals surface area contributed by atoms with E-state index in [-0.39, 0.29) is 29.6 Å². The second kappa shape index (κ2) is 12.2. The van der Waals surface area contributed by atoms with Crippen LogP contribution in [-0.2, 0) is 21.9 Å². The van der Waals surface area contributed by atoms with Gasteiger partial charge in [0.2, 0.25) is 5.91 Å². The molecular weight excluding hydrogens is 548 g/mol. The molecule has 1 saturated carbocycles. The van der Waals surface area contributed by atoms with E-state index in [2.05, 4.69) is 5.32 Å². The van der Waals surface area contributed by atoms with Crippen LogP contribution in [0, 0.1) is 5.92 Å². The van der Waals surface area contributed by atoms with Gasteiger partial charge in [-0.2, -0.15) is 26.3 Å². The first-order chi connectivity index (χ1) is 18.4. The number of rotatable bonds is 7. The van der Waals surface area contributed by atoms with Crippen LogP contribution in [-0.4, -0.2) is 56.2 Å². The van der Waals surface area contributed by atoms with E-state index < -0.39 is 23.5 Å². The largest absolute Gasteiger partial charge is 0.417 e. The second-order valence-corrected chi connectivity index (χ2v) is 10.3. The molecule has 0 bridgehead atoms. The predicted molar refractivity (Wildman–Crippen MR) is 137 cm³/mol. The number of ether oxygens (including phenoxy) is 1. The summed E-state index contributed by atoms with van der Waals surface area (Å²) in [6.45, 7) is 2.47. The van der Waals surface area contributed by atoms with Crippen molar-refractivity contribution in [2.45, 2.75) is 44.1 Å². The summed E-state index contributed by atoms with van der Waals surface area (Å²) < 4.78 is 83.4. The zero-order valence-electron chi connectivity index (χ0n) is 21.1. The number of hydrogen-bond donors (Lipinski definition) is 1. The van der Waals surface area contributed by atoms with Crippen LogP contribution < -0.4 is 10.2 Å². The first-order valence-electron chi connectivity index (χ1n) is 12.8. The Hall–Kier alpha value is -2.66. The maximum absolute atomic E-state index is 13.1. The van der Waals surface area contributed by atoms with Crippen LogP contribution in [0.2, 0.25) is 5.02 Å². The molecule has 0 spiro atoms. The summed E-state index contributed by atoms with van der Waals surface area (Å²) in [5.74, 6) is 0.165. The molecule has 2 aromatic rings. The van der Waals surface area contributed by atoms with E-state index >= 15 is 0 Å². The fourth-order valence-electron chi connectivity index (χ4n) is 4.97. The van der Waals surface area contributed by atoms with Gasteiger partial charge in [0.15, 0.2) is 0 Å². The highest BCUT2D eigenvalue weighted by Gasteiger charge is 2.34. The number of benzene rings is 2. The first kappa shape index (κ1) is 29.3. The summed E-state index contributed by atoms with van der Waals surface area (Å²) in [5, 5.41) is 2.74. The average molecular weight is 578 g/mol. The third kappa shape index (κ3) is 7.94. The molecule has 5 nitrogen and oxygen atoms in total. The standard InChI is InChI=1S/C27H30ClF6N3O2/c28-24-10-5-20(15-23(24)27(32,33)34)35-16-18-1-8-22(9-2-18)39-17-25(38)37-13-11-36(12-14-37)21-6-3-19(4-7-21)26(29,30)31/h3-7,10,15,18,22,35H,1-2,8-9,11-14,16-17H2. The van der Waals surface area contributed by atoms with E-state index in [1.807, 2.05) is 4.90 Å². The normalized spacial score (nSPS) is 20.7. The molecule has 2 fully saturated rings. The van der Waals surface area contributed by atoms with Gasteiger partial charge in [-0.1, -0.05) is 11.6 Å². The summed E-state index contributed by atoms with van der Waals surface area (Å²) in [7, 11) is 0. The van der Waals surface area contributed by atoms with Crippen molar-refractivity contribution in [3.8, 4) is 0 Å². The van der Waals surface area contributed by atoms with Gasteiger partial charge in [-0.15, -0.1) is 0 Å². The van der Waals surface area contributed by atoms with Crippen LogP contribution in [0.3, 0.4) is 0 Å². The second-order valence-electron chi connectivity index (χ2n) is 9.94. The van der Waals surface area contributed by atoms with Gasteiger partial charge < -0.3 is 19.9 Å². The highest BCUT2D eigenvalue weighted by molar-refractivity contribution is 6.31. The molecule has 2 aromatic carbocycles. The van der Waals surface area contributed by atoms with Gasteiger partial charge in [0.25, 0.3) is 0 Å². The van der Waals surface area contributed by atoms with Crippen molar-refractivity contribution in [3.05, 3.63) is 58.6 Å². The summed E-state index contributed by atoms with van der Waals surface area (Å²) >= 11 is 5.67. The molecule has 39 heavy (non-hydrogen) atoms. The molecule has 1 aliphatic heterocycles. The minimum Gasteiger partial charge on any atom is -0.385 e. The molecule has 12 heteroatoms. The molecule has 1 saturated heterocycles. The van der Waals surface area contributed by atoms with Crippen molar-refractivity contribution < 1.29 is 35.9 Å². The van der Waals surface area contributed by atoms with E-state index in [1.54, 1.807) is 4.90 Å². The van der Waals surface area contributed by atoms with Gasteiger partial charge in [0, 0.05) is 44.1 Å². The highest BCUT2D eigenvalue weighted by atomic mass is 35.5. The van der Waals surface area contributed by atoms with E-state index in [4.69, 9.17) is 16.3 Å². The van der Waals surface area contributed by atoms with Crippen molar-refractivity contribution in [3.63, 3.8) is 0 Å². The first-order valence-corrected chi connectivity index (χ1v) is 13.2. The van der Waals surface area contributed by atoms with Crippen LogP contribution in [0.5, 0.6) is 0 Å². The maximum atomic E-state index is 13.1. The van der Waals surface area contributed by atoms with Crippen molar-refractivity contribution in [2.75, 3.05) is 49.5 Å². The van der Waals surface area contributed by atoms with Crippen molar-refractivity contribution in [2.24, 2.45) is 5.92 Å². The monoisotopic (exact) mass is 577 g/mol. The molecule has 0 radical (unpaired) electrons. The molecule has 1 heterocycles. The molecule has 214 valence electrons. The zero-order chi connectivity index (χ0) is 28.2. The minimum absolute atomic E-state index is 0.0289. The summed E-state index contributed by atoms with van der Waals surface area (Å²) in [4.78, 5) is 16.3. The summed E-state index contributed by atoms with van der Waals surface area (Å²) in [5.41, 5.74) is -0.496. The van der Waals surface area contributed by atoms with Gasteiger partial charge in [-0.25, -0.2) is 0 Å². The molecule has 0 aromatic heterocycles. The number of nitrogens with one attached hydrogen (secondary N) is 1. The number of anilines is 2. The quantitative estimate of drug-likeness (QED) is 0.371. The predicted octanol–water partition coefficient (Wildman–Crippen LogP) is 6.71. The Morgan fingerprint density at radius 2 is 1.54 bits per heavy atom. The van der Waals surface area contributed by atoms with Gasteiger partial charge in [0.1, 0.15) is 6.61 Å². The molecule has 0 atom stereocenters. The topological polar surface area (TPSA) is 44.8 Å².